The highest BCUT2D eigenvalue weighted by Gasteiger charge is 2.10. The summed E-state index contributed by atoms with van der Waals surface area (Å²) >= 11 is 0. The fraction of sp³-hybridized carbons (Fsp3) is 0.100. The van der Waals surface area contributed by atoms with Crippen molar-refractivity contribution in [3.63, 3.8) is 0 Å². The Balaban J connectivity index is 1.73. The third-order valence-corrected chi connectivity index (χ3v) is 3.82. The van der Waals surface area contributed by atoms with Crippen molar-refractivity contribution in [2.75, 3.05) is 24.9 Å². The van der Waals surface area contributed by atoms with E-state index in [2.05, 4.69) is 20.6 Å². The number of rotatable bonds is 6. The SMILES string of the molecule is COc1ccc(OC)c(Nc2ncc(C(=O)Nc3cccc(C#N)c3)cn2)c1. The molecule has 140 valence electrons. The molecule has 0 saturated heterocycles. The maximum atomic E-state index is 12.3. The number of carbonyl (C=O) groups excluding carboxylic acids is 1. The monoisotopic (exact) mass is 375 g/mol. The molecule has 1 amide bonds. The molecule has 0 aliphatic rings. The summed E-state index contributed by atoms with van der Waals surface area (Å²) in [4.78, 5) is 20.7. The zero-order valence-corrected chi connectivity index (χ0v) is 15.3. The van der Waals surface area contributed by atoms with Gasteiger partial charge in [0, 0.05) is 24.1 Å². The molecule has 3 aromatic rings. The molecule has 0 saturated carbocycles. The molecule has 0 spiro atoms. The molecule has 0 aliphatic carbocycles. The summed E-state index contributed by atoms with van der Waals surface area (Å²) < 4.78 is 10.5. The smallest absolute Gasteiger partial charge is 0.258 e. The fourth-order valence-corrected chi connectivity index (χ4v) is 2.41. The lowest BCUT2D eigenvalue weighted by Crippen LogP contribution is -2.13. The molecule has 1 heterocycles. The predicted molar refractivity (Wildman–Crippen MR) is 104 cm³/mol. The van der Waals surface area contributed by atoms with Gasteiger partial charge in [-0.25, -0.2) is 9.97 Å². The van der Waals surface area contributed by atoms with E-state index in [0.717, 1.165) is 0 Å². The minimum absolute atomic E-state index is 0.283. The second kappa shape index (κ2) is 8.51. The number of amides is 1. The Bertz CT molecular complexity index is 1030. The van der Waals surface area contributed by atoms with Crippen LogP contribution in [0.3, 0.4) is 0 Å². The summed E-state index contributed by atoms with van der Waals surface area (Å²) in [5.74, 6) is 1.18. The van der Waals surface area contributed by atoms with Crippen LogP contribution >= 0.6 is 0 Å². The van der Waals surface area contributed by atoms with Gasteiger partial charge in [-0.05, 0) is 30.3 Å². The van der Waals surface area contributed by atoms with E-state index >= 15 is 0 Å². The molecule has 0 radical (unpaired) electrons. The standard InChI is InChI=1S/C20H17N5O3/c1-27-16-6-7-18(28-2)17(9-16)25-20-22-11-14(12-23-20)19(26)24-15-5-3-4-13(8-15)10-21/h3-9,11-12H,1-2H3,(H,24,26)(H,22,23,25). The Kier molecular flexibility index (Phi) is 5.67. The van der Waals surface area contributed by atoms with E-state index in [1.165, 1.54) is 12.4 Å². The Morgan fingerprint density at radius 2 is 1.86 bits per heavy atom. The molecule has 8 nitrogen and oxygen atoms in total. The third-order valence-electron chi connectivity index (χ3n) is 3.82. The molecular formula is C20H17N5O3. The van der Waals surface area contributed by atoms with Crippen molar-refractivity contribution in [3.8, 4) is 17.6 Å². The van der Waals surface area contributed by atoms with Gasteiger partial charge in [0.05, 0.1) is 37.1 Å². The topological polar surface area (TPSA) is 109 Å². The van der Waals surface area contributed by atoms with Gasteiger partial charge in [-0.15, -0.1) is 0 Å². The highest BCUT2D eigenvalue weighted by molar-refractivity contribution is 6.04. The number of hydrogen-bond acceptors (Lipinski definition) is 7. The number of ether oxygens (including phenoxy) is 2. The minimum atomic E-state index is -0.374. The summed E-state index contributed by atoms with van der Waals surface area (Å²) in [5.41, 5.74) is 1.89. The normalized spacial score (nSPS) is 9.89. The second-order valence-corrected chi connectivity index (χ2v) is 5.63. The fourth-order valence-electron chi connectivity index (χ4n) is 2.41. The number of hydrogen-bond donors (Lipinski definition) is 2. The van der Waals surface area contributed by atoms with Crippen LogP contribution in [0.5, 0.6) is 11.5 Å². The van der Waals surface area contributed by atoms with E-state index in [0.29, 0.717) is 34.4 Å². The van der Waals surface area contributed by atoms with Crippen LogP contribution in [0, 0.1) is 11.3 Å². The van der Waals surface area contributed by atoms with Gasteiger partial charge < -0.3 is 20.1 Å². The number of anilines is 3. The van der Waals surface area contributed by atoms with Gasteiger partial charge in [0.15, 0.2) is 0 Å². The largest absolute Gasteiger partial charge is 0.497 e. The average molecular weight is 375 g/mol. The molecule has 0 fully saturated rings. The molecule has 0 unspecified atom stereocenters. The third kappa shape index (κ3) is 4.34. The van der Waals surface area contributed by atoms with Gasteiger partial charge in [-0.2, -0.15) is 5.26 Å². The van der Waals surface area contributed by atoms with E-state index in [1.807, 2.05) is 6.07 Å². The van der Waals surface area contributed by atoms with E-state index in [9.17, 15) is 4.79 Å². The Labute approximate surface area is 161 Å². The average Bonchev–Trinajstić information content (AvgIpc) is 2.74. The van der Waals surface area contributed by atoms with Crippen LogP contribution in [0.1, 0.15) is 15.9 Å². The first-order chi connectivity index (χ1) is 13.6. The highest BCUT2D eigenvalue weighted by atomic mass is 16.5. The Morgan fingerprint density at radius 3 is 2.54 bits per heavy atom. The molecule has 28 heavy (non-hydrogen) atoms. The maximum Gasteiger partial charge on any atom is 0.258 e. The van der Waals surface area contributed by atoms with Crippen molar-refractivity contribution in [3.05, 3.63) is 66.0 Å². The Hall–Kier alpha value is -4.12. The van der Waals surface area contributed by atoms with E-state index in [1.54, 1.807) is 56.7 Å². The number of carbonyl (C=O) groups is 1. The molecular weight excluding hydrogens is 358 g/mol. The van der Waals surface area contributed by atoms with Crippen molar-refractivity contribution in [2.45, 2.75) is 0 Å². The molecule has 2 N–H and O–H groups in total. The van der Waals surface area contributed by atoms with Crippen LogP contribution in [-0.4, -0.2) is 30.1 Å². The second-order valence-electron chi connectivity index (χ2n) is 5.63. The lowest BCUT2D eigenvalue weighted by molar-refractivity contribution is 0.102. The number of nitriles is 1. The van der Waals surface area contributed by atoms with Gasteiger partial charge in [0.25, 0.3) is 5.91 Å². The van der Waals surface area contributed by atoms with Crippen LogP contribution in [-0.2, 0) is 0 Å². The van der Waals surface area contributed by atoms with Gasteiger partial charge in [0.2, 0.25) is 5.95 Å². The van der Waals surface area contributed by atoms with Crippen molar-refractivity contribution in [1.29, 1.82) is 5.26 Å². The lowest BCUT2D eigenvalue weighted by Gasteiger charge is -2.11. The molecule has 0 aliphatic heterocycles. The summed E-state index contributed by atoms with van der Waals surface area (Å²) in [7, 11) is 3.13. The first-order valence-corrected chi connectivity index (χ1v) is 8.25. The first kappa shape index (κ1) is 18.7. The van der Waals surface area contributed by atoms with Crippen LogP contribution in [0.4, 0.5) is 17.3 Å². The maximum absolute atomic E-state index is 12.3. The zero-order valence-electron chi connectivity index (χ0n) is 15.3. The molecule has 3 rings (SSSR count). The van der Waals surface area contributed by atoms with Crippen LogP contribution in [0.2, 0.25) is 0 Å². The van der Waals surface area contributed by atoms with Crippen LogP contribution < -0.4 is 20.1 Å². The minimum Gasteiger partial charge on any atom is -0.497 e. The van der Waals surface area contributed by atoms with Crippen LogP contribution in [0.25, 0.3) is 0 Å². The number of benzene rings is 2. The van der Waals surface area contributed by atoms with Gasteiger partial charge in [-0.3, -0.25) is 4.79 Å². The molecule has 1 aromatic heterocycles. The van der Waals surface area contributed by atoms with E-state index in [-0.39, 0.29) is 11.5 Å². The van der Waals surface area contributed by atoms with Crippen molar-refractivity contribution in [1.82, 2.24) is 9.97 Å². The lowest BCUT2D eigenvalue weighted by atomic mass is 10.2. The van der Waals surface area contributed by atoms with Crippen molar-refractivity contribution < 1.29 is 14.3 Å². The molecule has 0 bridgehead atoms. The molecule has 8 heteroatoms. The van der Waals surface area contributed by atoms with Crippen LogP contribution in [0.15, 0.2) is 54.9 Å². The quantitative estimate of drug-likeness (QED) is 0.680. The number of nitrogens with one attached hydrogen (secondary N) is 2. The zero-order chi connectivity index (χ0) is 19.9. The van der Waals surface area contributed by atoms with E-state index < -0.39 is 0 Å². The number of methoxy groups -OCH3 is 2. The summed E-state index contributed by atoms with van der Waals surface area (Å²) in [6, 6.07) is 14.0. The van der Waals surface area contributed by atoms with E-state index in [4.69, 9.17) is 14.7 Å². The van der Waals surface area contributed by atoms with Gasteiger partial charge in [0.1, 0.15) is 11.5 Å². The summed E-state index contributed by atoms with van der Waals surface area (Å²) in [6.45, 7) is 0. The predicted octanol–water partition coefficient (Wildman–Crippen LogP) is 3.36. The summed E-state index contributed by atoms with van der Waals surface area (Å²) in [5, 5.41) is 14.7. The van der Waals surface area contributed by atoms with Crippen molar-refractivity contribution in [2.24, 2.45) is 0 Å². The van der Waals surface area contributed by atoms with Crippen molar-refractivity contribution >= 4 is 23.2 Å². The first-order valence-electron chi connectivity index (χ1n) is 8.25. The molecule has 2 aromatic carbocycles. The number of nitrogens with zero attached hydrogens (tertiary/aromatic N) is 3. The number of aromatic nitrogens is 2. The van der Waals surface area contributed by atoms with Gasteiger partial charge in [-0.1, -0.05) is 6.07 Å². The molecule has 0 atom stereocenters. The summed E-state index contributed by atoms with van der Waals surface area (Å²) in [6.07, 6.45) is 2.82. The van der Waals surface area contributed by atoms with Gasteiger partial charge >= 0.3 is 0 Å². The highest BCUT2D eigenvalue weighted by Crippen LogP contribution is 2.30. The Morgan fingerprint density at radius 1 is 1.07 bits per heavy atom.